The Kier molecular flexibility index (Phi) is 4.66. The van der Waals surface area contributed by atoms with Crippen molar-refractivity contribution < 1.29 is 13.2 Å². The molecule has 0 aromatic carbocycles. The molecule has 90 valence electrons. The Balaban J connectivity index is 2.52. The van der Waals surface area contributed by atoms with Gasteiger partial charge in [0, 0.05) is 12.6 Å². The lowest BCUT2D eigenvalue weighted by molar-refractivity contribution is 0.303. The van der Waals surface area contributed by atoms with E-state index >= 15 is 0 Å². The summed E-state index contributed by atoms with van der Waals surface area (Å²) in [5.41, 5.74) is 0. The Hall–Kier alpha value is -1.18. The van der Waals surface area contributed by atoms with Gasteiger partial charge in [-0.15, -0.1) is 0 Å². The second-order valence-corrected chi connectivity index (χ2v) is 4.64. The van der Waals surface area contributed by atoms with E-state index in [1.54, 1.807) is 0 Å². The van der Waals surface area contributed by atoms with Crippen LogP contribution in [-0.4, -0.2) is 33.1 Å². The number of nitrogens with one attached hydrogen (secondary N) is 1. The van der Waals surface area contributed by atoms with E-state index in [4.69, 9.17) is 9.88 Å². The molecule has 0 unspecified atom stereocenters. The highest BCUT2D eigenvalue weighted by Gasteiger charge is 2.07. The average molecular weight is 245 g/mol. The van der Waals surface area contributed by atoms with Crippen molar-refractivity contribution in [1.82, 2.24) is 10.3 Å². The van der Waals surface area contributed by atoms with Crippen molar-refractivity contribution in [3.05, 3.63) is 18.3 Å². The van der Waals surface area contributed by atoms with E-state index in [2.05, 4.69) is 10.3 Å². The maximum atomic E-state index is 10.9. The third-order valence-corrected chi connectivity index (χ3v) is 2.72. The first-order chi connectivity index (χ1) is 7.54. The molecule has 0 aliphatic carbocycles. The molecule has 0 bridgehead atoms. The molecule has 0 saturated carbocycles. The molecular weight excluding hydrogens is 230 g/mol. The van der Waals surface area contributed by atoms with Gasteiger partial charge in [0.25, 0.3) is 0 Å². The summed E-state index contributed by atoms with van der Waals surface area (Å²) in [5, 5.41) is 8.01. The number of rotatable bonds is 6. The van der Waals surface area contributed by atoms with Gasteiger partial charge in [-0.1, -0.05) is 6.92 Å². The van der Waals surface area contributed by atoms with Gasteiger partial charge in [0.1, 0.15) is 11.5 Å². The van der Waals surface area contributed by atoms with Crippen molar-refractivity contribution in [1.29, 1.82) is 0 Å². The van der Waals surface area contributed by atoms with Crippen molar-refractivity contribution in [2.75, 3.05) is 19.7 Å². The third-order valence-electron chi connectivity index (χ3n) is 1.82. The topological polar surface area (TPSA) is 94.3 Å². The predicted octanol–water partition coefficient (Wildman–Crippen LogP) is -0.283. The molecule has 0 aliphatic heterocycles. The van der Waals surface area contributed by atoms with Crippen LogP contribution in [-0.2, 0) is 10.0 Å². The lowest BCUT2D eigenvalue weighted by Gasteiger charge is -2.05. The van der Waals surface area contributed by atoms with Crippen LogP contribution in [0.25, 0.3) is 0 Å². The maximum absolute atomic E-state index is 10.9. The highest BCUT2D eigenvalue weighted by Crippen LogP contribution is 2.10. The Labute approximate surface area is 94.9 Å². The zero-order valence-corrected chi connectivity index (χ0v) is 9.83. The average Bonchev–Trinajstić information content (AvgIpc) is 2.24. The van der Waals surface area contributed by atoms with Crippen LogP contribution in [0.5, 0.6) is 5.88 Å². The Bertz CT molecular complexity index is 416. The van der Waals surface area contributed by atoms with E-state index in [9.17, 15) is 8.42 Å². The second-order valence-electron chi connectivity index (χ2n) is 3.08. The van der Waals surface area contributed by atoms with Crippen LogP contribution in [0.2, 0.25) is 0 Å². The largest absolute Gasteiger partial charge is 0.476 e. The van der Waals surface area contributed by atoms with E-state index in [1.165, 1.54) is 18.3 Å². The first-order valence-corrected chi connectivity index (χ1v) is 6.41. The quantitative estimate of drug-likeness (QED) is 0.672. The molecular formula is C9H15N3O3S. The summed E-state index contributed by atoms with van der Waals surface area (Å²) in [7, 11) is -3.68. The Morgan fingerprint density at radius 3 is 2.75 bits per heavy atom. The zero-order chi connectivity index (χ0) is 12.0. The van der Waals surface area contributed by atoms with Crippen LogP contribution < -0.4 is 15.2 Å². The molecule has 0 aliphatic rings. The van der Waals surface area contributed by atoms with Gasteiger partial charge in [-0.25, -0.2) is 18.5 Å². The molecule has 1 heterocycles. The molecule has 6 nitrogen and oxygen atoms in total. The van der Waals surface area contributed by atoms with Crippen molar-refractivity contribution >= 4 is 10.0 Å². The fourth-order valence-electron chi connectivity index (χ4n) is 1.02. The fraction of sp³-hybridized carbons (Fsp3) is 0.444. The van der Waals surface area contributed by atoms with Gasteiger partial charge in [0.15, 0.2) is 0 Å². The van der Waals surface area contributed by atoms with Gasteiger partial charge in [-0.3, -0.25) is 0 Å². The number of likely N-dealkylation sites (N-methyl/N-ethyl adjacent to an activating group) is 1. The first-order valence-electron chi connectivity index (χ1n) is 4.86. The number of primary sulfonamides is 1. The number of hydrogen-bond acceptors (Lipinski definition) is 5. The molecule has 3 N–H and O–H groups in total. The van der Waals surface area contributed by atoms with Crippen LogP contribution in [0.4, 0.5) is 0 Å². The number of ether oxygens (including phenoxy) is 1. The summed E-state index contributed by atoms with van der Waals surface area (Å²) < 4.78 is 27.1. The molecule has 16 heavy (non-hydrogen) atoms. The normalized spacial score (nSPS) is 11.4. The molecule has 0 amide bonds. The molecule has 0 spiro atoms. The number of aromatic nitrogens is 1. The molecule has 1 aromatic rings. The van der Waals surface area contributed by atoms with E-state index in [-0.39, 0.29) is 4.90 Å². The van der Waals surface area contributed by atoms with E-state index < -0.39 is 10.0 Å². The van der Waals surface area contributed by atoms with Crippen LogP contribution in [0.3, 0.4) is 0 Å². The number of nitrogens with zero attached hydrogens (tertiary/aromatic N) is 1. The predicted molar refractivity (Wildman–Crippen MR) is 59.6 cm³/mol. The zero-order valence-electron chi connectivity index (χ0n) is 9.01. The highest BCUT2D eigenvalue weighted by molar-refractivity contribution is 7.89. The van der Waals surface area contributed by atoms with Crippen LogP contribution >= 0.6 is 0 Å². The summed E-state index contributed by atoms with van der Waals surface area (Å²) in [4.78, 5) is 3.81. The van der Waals surface area contributed by atoms with E-state index in [1.807, 2.05) is 6.92 Å². The van der Waals surface area contributed by atoms with Crippen LogP contribution in [0.15, 0.2) is 23.2 Å². The highest BCUT2D eigenvalue weighted by atomic mass is 32.2. The molecule has 7 heteroatoms. The van der Waals surface area contributed by atoms with Gasteiger partial charge < -0.3 is 10.1 Å². The lowest BCUT2D eigenvalue weighted by Crippen LogP contribution is -2.20. The molecule has 0 fully saturated rings. The monoisotopic (exact) mass is 245 g/mol. The van der Waals surface area contributed by atoms with Gasteiger partial charge >= 0.3 is 0 Å². The first kappa shape index (κ1) is 12.9. The number of sulfonamides is 1. The summed E-state index contributed by atoms with van der Waals surface area (Å²) in [5.74, 6) is 0.380. The third kappa shape index (κ3) is 4.13. The van der Waals surface area contributed by atoms with Crippen molar-refractivity contribution in [3.8, 4) is 5.88 Å². The standard InChI is InChI=1S/C9H15N3O3S/c1-2-11-5-6-15-9-4-3-8(7-12-9)16(10,13)14/h3-4,7,11H,2,5-6H2,1H3,(H2,10,13,14). The smallest absolute Gasteiger partial charge is 0.239 e. The Morgan fingerprint density at radius 1 is 1.50 bits per heavy atom. The second kappa shape index (κ2) is 5.78. The summed E-state index contributed by atoms with van der Waals surface area (Å²) in [6.07, 6.45) is 1.18. The molecule has 0 radical (unpaired) electrons. The maximum Gasteiger partial charge on any atom is 0.239 e. The van der Waals surface area contributed by atoms with Gasteiger partial charge in [0.05, 0.1) is 6.20 Å². The van der Waals surface area contributed by atoms with Gasteiger partial charge in [-0.2, -0.15) is 0 Å². The summed E-state index contributed by atoms with van der Waals surface area (Å²) in [6.45, 7) is 4.07. The molecule has 1 aromatic heterocycles. The minimum absolute atomic E-state index is 0.0217. The number of pyridine rings is 1. The lowest BCUT2D eigenvalue weighted by atomic mass is 10.5. The fourth-order valence-corrected chi connectivity index (χ4v) is 1.48. The molecule has 0 saturated heterocycles. The molecule has 1 rings (SSSR count). The van der Waals surface area contributed by atoms with Crippen molar-refractivity contribution in [3.63, 3.8) is 0 Å². The number of hydrogen-bond donors (Lipinski definition) is 2. The number of nitrogens with two attached hydrogens (primary N) is 1. The van der Waals surface area contributed by atoms with Crippen LogP contribution in [0, 0.1) is 0 Å². The molecule has 0 atom stereocenters. The van der Waals surface area contributed by atoms with Gasteiger partial charge in [-0.05, 0) is 12.6 Å². The minimum atomic E-state index is -3.68. The van der Waals surface area contributed by atoms with Gasteiger partial charge in [0.2, 0.25) is 15.9 Å². The van der Waals surface area contributed by atoms with Crippen LogP contribution in [0.1, 0.15) is 6.92 Å². The summed E-state index contributed by atoms with van der Waals surface area (Å²) >= 11 is 0. The van der Waals surface area contributed by atoms with E-state index in [0.717, 1.165) is 13.1 Å². The van der Waals surface area contributed by atoms with Crippen molar-refractivity contribution in [2.24, 2.45) is 5.14 Å². The summed E-state index contributed by atoms with van der Waals surface area (Å²) in [6, 6.07) is 2.84. The Morgan fingerprint density at radius 2 is 2.25 bits per heavy atom. The minimum Gasteiger partial charge on any atom is -0.476 e. The van der Waals surface area contributed by atoms with Crippen molar-refractivity contribution in [2.45, 2.75) is 11.8 Å². The van der Waals surface area contributed by atoms with E-state index in [0.29, 0.717) is 12.5 Å². The SMILES string of the molecule is CCNCCOc1ccc(S(N)(=O)=O)cn1.